The van der Waals surface area contributed by atoms with Gasteiger partial charge in [-0.05, 0) is 6.07 Å². The maximum Gasteiger partial charge on any atom is 0.378 e. The maximum atomic E-state index is 9.30. The SMILES string of the molecule is OP1(=S)OCc2ccccc2O1. The summed E-state index contributed by atoms with van der Waals surface area (Å²) in [6.45, 7) is -2.65. The molecule has 2 rings (SSSR count). The predicted octanol–water partition coefficient (Wildman–Crippen LogP) is 1.81. The lowest BCUT2D eigenvalue weighted by Crippen LogP contribution is -2.05. The monoisotopic (exact) mass is 202 g/mol. The van der Waals surface area contributed by atoms with Gasteiger partial charge in [0.1, 0.15) is 5.75 Å². The van der Waals surface area contributed by atoms with E-state index >= 15 is 0 Å². The summed E-state index contributed by atoms with van der Waals surface area (Å²) in [6, 6.07) is 7.37. The lowest BCUT2D eigenvalue weighted by atomic mass is 10.2. The van der Waals surface area contributed by atoms with Crippen LogP contribution in [0.2, 0.25) is 0 Å². The third-order valence-corrected chi connectivity index (χ3v) is 2.99. The Bertz CT molecular complexity index is 352. The van der Waals surface area contributed by atoms with Gasteiger partial charge in [0.25, 0.3) is 0 Å². The van der Waals surface area contributed by atoms with Crippen molar-refractivity contribution < 1.29 is 13.9 Å². The average Bonchev–Trinajstić information content (AvgIpc) is 2.02. The highest BCUT2D eigenvalue weighted by molar-refractivity contribution is 8.07. The van der Waals surface area contributed by atoms with Crippen LogP contribution in [0.1, 0.15) is 5.56 Å². The van der Waals surface area contributed by atoms with Crippen molar-refractivity contribution in [1.29, 1.82) is 0 Å². The zero-order valence-electron chi connectivity index (χ0n) is 6.14. The second-order valence-electron chi connectivity index (χ2n) is 2.44. The van der Waals surface area contributed by atoms with Gasteiger partial charge >= 0.3 is 6.72 Å². The first-order chi connectivity index (χ1) is 5.67. The first-order valence-electron chi connectivity index (χ1n) is 3.42. The van der Waals surface area contributed by atoms with Crippen LogP contribution in [-0.4, -0.2) is 4.89 Å². The molecule has 0 aromatic heterocycles. The number of rotatable bonds is 0. The minimum absolute atomic E-state index is 0.337. The van der Waals surface area contributed by atoms with Crippen molar-refractivity contribution in [2.24, 2.45) is 0 Å². The van der Waals surface area contributed by atoms with Crippen LogP contribution in [0, 0.1) is 0 Å². The molecular formula is C7H7O3PS. The van der Waals surface area contributed by atoms with Crippen molar-refractivity contribution in [3.63, 3.8) is 0 Å². The van der Waals surface area contributed by atoms with E-state index in [0.717, 1.165) is 5.56 Å². The van der Waals surface area contributed by atoms with Crippen LogP contribution >= 0.6 is 6.72 Å². The highest BCUT2D eigenvalue weighted by Gasteiger charge is 2.24. The average molecular weight is 202 g/mol. The number of hydrogen-bond donors (Lipinski definition) is 1. The Morgan fingerprint density at radius 2 is 2.17 bits per heavy atom. The van der Waals surface area contributed by atoms with Crippen LogP contribution in [0.25, 0.3) is 0 Å². The van der Waals surface area contributed by atoms with Crippen molar-refractivity contribution in [2.45, 2.75) is 6.61 Å². The summed E-state index contributed by atoms with van der Waals surface area (Å²) in [7, 11) is 0. The zero-order chi connectivity index (χ0) is 8.60. The van der Waals surface area contributed by atoms with Gasteiger partial charge < -0.3 is 9.42 Å². The molecule has 3 nitrogen and oxygen atoms in total. The Morgan fingerprint density at radius 1 is 1.42 bits per heavy atom. The van der Waals surface area contributed by atoms with E-state index in [9.17, 15) is 4.89 Å². The van der Waals surface area contributed by atoms with Crippen LogP contribution in [0.3, 0.4) is 0 Å². The zero-order valence-corrected chi connectivity index (χ0v) is 7.85. The molecule has 0 spiro atoms. The molecule has 0 fully saturated rings. The third kappa shape index (κ3) is 1.52. The Labute approximate surface area is 75.2 Å². The molecular weight excluding hydrogens is 195 g/mol. The van der Waals surface area contributed by atoms with Crippen molar-refractivity contribution in [3.8, 4) is 5.75 Å². The van der Waals surface area contributed by atoms with Crippen LogP contribution in [0.15, 0.2) is 24.3 Å². The molecule has 0 bridgehead atoms. The molecule has 12 heavy (non-hydrogen) atoms. The van der Waals surface area contributed by atoms with Gasteiger partial charge in [-0.15, -0.1) is 0 Å². The van der Waals surface area contributed by atoms with Gasteiger partial charge in [-0.2, -0.15) is 0 Å². The molecule has 0 aliphatic carbocycles. The Balaban J connectivity index is 2.42. The number of benzene rings is 1. The summed E-state index contributed by atoms with van der Waals surface area (Å²) < 4.78 is 10.0. The lowest BCUT2D eigenvalue weighted by Gasteiger charge is -2.23. The van der Waals surface area contributed by atoms with Crippen molar-refractivity contribution in [1.82, 2.24) is 0 Å². The summed E-state index contributed by atoms with van der Waals surface area (Å²) in [5, 5.41) is 0. The maximum absolute atomic E-state index is 9.30. The van der Waals surface area contributed by atoms with Gasteiger partial charge in [0.2, 0.25) is 0 Å². The van der Waals surface area contributed by atoms with Crippen LogP contribution in [0.4, 0.5) is 0 Å². The second-order valence-corrected chi connectivity index (χ2v) is 5.20. The Morgan fingerprint density at radius 3 is 3.00 bits per heavy atom. The number of fused-ring (bicyclic) bond motifs is 1. The molecule has 64 valence electrons. The topological polar surface area (TPSA) is 38.7 Å². The minimum Gasteiger partial charge on any atom is -0.424 e. The van der Waals surface area contributed by atoms with E-state index in [1.165, 1.54) is 0 Å². The van der Waals surface area contributed by atoms with Gasteiger partial charge in [0.15, 0.2) is 0 Å². The first kappa shape index (κ1) is 8.20. The molecule has 1 aliphatic rings. The van der Waals surface area contributed by atoms with Crippen LogP contribution in [0.5, 0.6) is 5.75 Å². The van der Waals surface area contributed by atoms with E-state index in [1.807, 2.05) is 18.2 Å². The molecule has 0 saturated carbocycles. The quantitative estimate of drug-likeness (QED) is 0.651. The minimum atomic E-state index is -2.99. The second kappa shape index (κ2) is 2.82. The largest absolute Gasteiger partial charge is 0.424 e. The van der Waals surface area contributed by atoms with Crippen molar-refractivity contribution >= 4 is 18.5 Å². The molecule has 1 aliphatic heterocycles. The lowest BCUT2D eigenvalue weighted by molar-refractivity contribution is 0.225. The molecule has 1 atom stereocenters. The fourth-order valence-electron chi connectivity index (χ4n) is 1.01. The summed E-state index contributed by atoms with van der Waals surface area (Å²) in [5.41, 5.74) is 0.923. The van der Waals surface area contributed by atoms with E-state index in [0.29, 0.717) is 12.4 Å². The molecule has 0 saturated heterocycles. The van der Waals surface area contributed by atoms with Gasteiger partial charge in [-0.25, -0.2) is 0 Å². The van der Waals surface area contributed by atoms with Crippen LogP contribution < -0.4 is 4.52 Å². The molecule has 1 aromatic rings. The fraction of sp³-hybridized carbons (Fsp3) is 0.143. The molecule has 1 N–H and O–H groups in total. The van der Waals surface area contributed by atoms with Gasteiger partial charge in [0, 0.05) is 17.4 Å². The predicted molar refractivity (Wildman–Crippen MR) is 48.4 cm³/mol. The summed E-state index contributed by atoms with van der Waals surface area (Å²) in [6.07, 6.45) is 0. The highest BCUT2D eigenvalue weighted by Crippen LogP contribution is 2.49. The van der Waals surface area contributed by atoms with E-state index in [4.69, 9.17) is 20.9 Å². The van der Waals surface area contributed by atoms with Gasteiger partial charge in [-0.1, -0.05) is 18.2 Å². The van der Waals surface area contributed by atoms with Crippen LogP contribution in [-0.2, 0) is 22.9 Å². The molecule has 0 amide bonds. The van der Waals surface area contributed by atoms with E-state index in [-0.39, 0.29) is 0 Å². The Hall–Kier alpha value is -0.410. The van der Waals surface area contributed by atoms with E-state index in [1.54, 1.807) is 6.07 Å². The standard InChI is InChI=1S/C7H7O3PS/c8-11(12)9-5-6-3-1-2-4-7(6)10-11/h1-4H,5H2,(H,8,12). The fourth-order valence-corrected chi connectivity index (χ4v) is 2.19. The van der Waals surface area contributed by atoms with Gasteiger partial charge in [-0.3, -0.25) is 4.52 Å². The van der Waals surface area contributed by atoms with Crippen molar-refractivity contribution in [2.75, 3.05) is 0 Å². The normalized spacial score (nSPS) is 27.4. The molecule has 0 radical (unpaired) electrons. The Kier molecular flexibility index (Phi) is 1.93. The molecule has 5 heteroatoms. The molecule has 1 heterocycles. The summed E-state index contributed by atoms with van der Waals surface area (Å²) in [5.74, 6) is 0.634. The van der Waals surface area contributed by atoms with Gasteiger partial charge in [0.05, 0.1) is 6.61 Å². The summed E-state index contributed by atoms with van der Waals surface area (Å²) in [4.78, 5) is 9.30. The number of para-hydroxylation sites is 1. The first-order valence-corrected chi connectivity index (χ1v) is 6.01. The molecule has 1 aromatic carbocycles. The van der Waals surface area contributed by atoms with E-state index < -0.39 is 6.72 Å². The third-order valence-electron chi connectivity index (χ3n) is 1.57. The smallest absolute Gasteiger partial charge is 0.378 e. The van der Waals surface area contributed by atoms with E-state index in [2.05, 4.69) is 0 Å². The van der Waals surface area contributed by atoms with Crippen molar-refractivity contribution in [3.05, 3.63) is 29.8 Å². The number of hydrogen-bond acceptors (Lipinski definition) is 3. The highest BCUT2D eigenvalue weighted by atomic mass is 32.5. The summed E-state index contributed by atoms with van der Waals surface area (Å²) >= 11 is 4.69. The molecule has 1 unspecified atom stereocenters.